The molecule has 2 N–H and O–H groups in total. The van der Waals surface area contributed by atoms with E-state index in [1.54, 1.807) is 7.11 Å². The maximum absolute atomic E-state index is 6.03. The maximum Gasteiger partial charge on any atom is 0.191 e. The smallest absolute Gasteiger partial charge is 0.191 e. The predicted octanol–water partition coefficient (Wildman–Crippen LogP) is 1.60. The molecule has 0 amide bonds. The van der Waals surface area contributed by atoms with Crippen LogP contribution in [-0.4, -0.2) is 42.2 Å². The molecule has 0 aromatic rings. The van der Waals surface area contributed by atoms with Crippen LogP contribution >= 0.6 is 0 Å². The van der Waals surface area contributed by atoms with Gasteiger partial charge in [0, 0.05) is 20.1 Å². The number of guanidine groups is 1. The van der Waals surface area contributed by atoms with Gasteiger partial charge in [-0.15, -0.1) is 0 Å². The topological polar surface area (TPSA) is 50.9 Å². The molecule has 0 aromatic heterocycles. The van der Waals surface area contributed by atoms with Gasteiger partial charge in [-0.1, -0.05) is 0 Å². The number of hydrogen-bond acceptors (Lipinski definition) is 4. The lowest BCUT2D eigenvalue weighted by atomic mass is 9.86. The van der Waals surface area contributed by atoms with Crippen LogP contribution in [0.3, 0.4) is 0 Å². The number of hydrogen-bond donors (Lipinski definition) is 1. The fraction of sp³-hybridized carbons (Fsp3) is 0.923. The number of aliphatic imine (C=N–C) groups is 1. The molecule has 1 atom stereocenters. The molecule has 0 bridgehead atoms. The molecule has 4 heteroatoms. The summed E-state index contributed by atoms with van der Waals surface area (Å²) in [6.45, 7) is 8.35. The van der Waals surface area contributed by atoms with Gasteiger partial charge in [0.2, 0.25) is 0 Å². The molecule has 2 rings (SSSR count). The van der Waals surface area contributed by atoms with Crippen LogP contribution in [0.4, 0.5) is 0 Å². The van der Waals surface area contributed by atoms with Crippen molar-refractivity contribution in [2.24, 2.45) is 16.6 Å². The quantitative estimate of drug-likeness (QED) is 0.793. The largest absolute Gasteiger partial charge is 0.379 e. The van der Waals surface area contributed by atoms with Gasteiger partial charge in [-0.25, -0.2) is 0 Å². The Labute approximate surface area is 104 Å². The average molecular weight is 239 g/mol. The summed E-state index contributed by atoms with van der Waals surface area (Å²) in [5.74, 6) is 1.54. The van der Waals surface area contributed by atoms with Gasteiger partial charge in [-0.3, -0.25) is 4.99 Å². The van der Waals surface area contributed by atoms with Crippen molar-refractivity contribution in [2.45, 2.75) is 51.2 Å². The zero-order valence-electron chi connectivity index (χ0n) is 11.5. The monoisotopic (exact) mass is 239 g/mol. The zero-order chi connectivity index (χ0) is 12.7. The van der Waals surface area contributed by atoms with Gasteiger partial charge in [-0.2, -0.15) is 0 Å². The lowest BCUT2D eigenvalue weighted by Gasteiger charge is -2.41. The molecule has 1 aliphatic carbocycles. The van der Waals surface area contributed by atoms with Gasteiger partial charge in [0.05, 0.1) is 17.7 Å². The van der Waals surface area contributed by atoms with Crippen LogP contribution in [0, 0.1) is 5.92 Å². The van der Waals surface area contributed by atoms with E-state index in [0.717, 1.165) is 25.4 Å². The molecule has 0 aromatic carbocycles. The molecular weight excluding hydrogens is 214 g/mol. The van der Waals surface area contributed by atoms with E-state index in [1.165, 1.54) is 12.8 Å². The van der Waals surface area contributed by atoms with Crippen molar-refractivity contribution in [2.75, 3.05) is 20.2 Å². The third-order valence-corrected chi connectivity index (χ3v) is 4.01. The highest BCUT2D eigenvalue weighted by atomic mass is 16.5. The molecule has 17 heavy (non-hydrogen) atoms. The highest BCUT2D eigenvalue weighted by Crippen LogP contribution is 2.37. The van der Waals surface area contributed by atoms with Gasteiger partial charge in [0.1, 0.15) is 0 Å². The molecule has 1 unspecified atom stereocenters. The SMILES string of the molecule is COC(C)(C)CC1(C)CN=C(N)N1CC1CC1. The Morgan fingerprint density at radius 3 is 2.71 bits per heavy atom. The van der Waals surface area contributed by atoms with E-state index in [-0.39, 0.29) is 11.1 Å². The lowest BCUT2D eigenvalue weighted by Crippen LogP contribution is -2.53. The fourth-order valence-corrected chi connectivity index (χ4v) is 2.71. The first kappa shape index (κ1) is 12.7. The van der Waals surface area contributed by atoms with Crippen molar-refractivity contribution in [3.05, 3.63) is 0 Å². The molecule has 1 fully saturated rings. The van der Waals surface area contributed by atoms with Crippen molar-refractivity contribution >= 4 is 5.96 Å². The minimum atomic E-state index is -0.128. The average Bonchev–Trinajstić information content (AvgIpc) is 3.01. The van der Waals surface area contributed by atoms with Crippen molar-refractivity contribution in [3.8, 4) is 0 Å². The number of methoxy groups -OCH3 is 1. The minimum absolute atomic E-state index is 0.0200. The van der Waals surface area contributed by atoms with Crippen LogP contribution in [-0.2, 0) is 4.74 Å². The van der Waals surface area contributed by atoms with Crippen LogP contribution in [0.15, 0.2) is 4.99 Å². The summed E-state index contributed by atoms with van der Waals surface area (Å²) in [4.78, 5) is 6.73. The molecule has 98 valence electrons. The van der Waals surface area contributed by atoms with E-state index in [2.05, 4.69) is 30.7 Å². The maximum atomic E-state index is 6.03. The molecule has 0 spiro atoms. The highest BCUT2D eigenvalue weighted by molar-refractivity contribution is 5.81. The van der Waals surface area contributed by atoms with Crippen molar-refractivity contribution in [1.82, 2.24) is 4.90 Å². The molecule has 0 saturated heterocycles. The van der Waals surface area contributed by atoms with E-state index < -0.39 is 0 Å². The van der Waals surface area contributed by atoms with Crippen LogP contribution in [0.1, 0.15) is 40.0 Å². The Morgan fingerprint density at radius 2 is 2.18 bits per heavy atom. The molecule has 0 radical (unpaired) electrons. The Balaban J connectivity index is 2.06. The highest BCUT2D eigenvalue weighted by Gasteiger charge is 2.43. The summed E-state index contributed by atoms with van der Waals surface area (Å²) in [6, 6.07) is 0. The third kappa shape index (κ3) is 2.73. The Morgan fingerprint density at radius 1 is 1.53 bits per heavy atom. The first-order valence-corrected chi connectivity index (χ1v) is 6.49. The summed E-state index contributed by atoms with van der Waals surface area (Å²) in [5, 5.41) is 0. The molecule has 4 nitrogen and oxygen atoms in total. The van der Waals surface area contributed by atoms with Crippen LogP contribution in [0.5, 0.6) is 0 Å². The first-order valence-electron chi connectivity index (χ1n) is 6.49. The molecule has 1 aliphatic heterocycles. The molecule has 1 saturated carbocycles. The summed E-state index contributed by atoms with van der Waals surface area (Å²) in [6.07, 6.45) is 3.63. The van der Waals surface area contributed by atoms with E-state index in [9.17, 15) is 0 Å². The van der Waals surface area contributed by atoms with Crippen LogP contribution < -0.4 is 5.73 Å². The zero-order valence-corrected chi connectivity index (χ0v) is 11.5. The Kier molecular flexibility index (Phi) is 3.10. The van der Waals surface area contributed by atoms with Crippen molar-refractivity contribution in [1.29, 1.82) is 0 Å². The van der Waals surface area contributed by atoms with Gasteiger partial charge in [-0.05, 0) is 39.5 Å². The number of nitrogens with zero attached hydrogens (tertiary/aromatic N) is 2. The van der Waals surface area contributed by atoms with Gasteiger partial charge in [0.15, 0.2) is 5.96 Å². The molecule has 1 heterocycles. The second-order valence-corrected chi connectivity index (χ2v) is 6.37. The Hall–Kier alpha value is -0.770. The van der Waals surface area contributed by atoms with Crippen LogP contribution in [0.25, 0.3) is 0 Å². The van der Waals surface area contributed by atoms with E-state index in [1.807, 2.05) is 0 Å². The molecule has 2 aliphatic rings. The summed E-state index contributed by atoms with van der Waals surface area (Å²) < 4.78 is 5.55. The minimum Gasteiger partial charge on any atom is -0.379 e. The van der Waals surface area contributed by atoms with Crippen molar-refractivity contribution < 1.29 is 4.74 Å². The first-order chi connectivity index (χ1) is 7.86. The fourth-order valence-electron chi connectivity index (χ4n) is 2.71. The second-order valence-electron chi connectivity index (χ2n) is 6.37. The normalized spacial score (nSPS) is 29.6. The predicted molar refractivity (Wildman–Crippen MR) is 70.0 cm³/mol. The number of rotatable bonds is 5. The van der Waals surface area contributed by atoms with Crippen LogP contribution in [0.2, 0.25) is 0 Å². The number of ether oxygens (including phenoxy) is 1. The molecular formula is C13H25N3O. The summed E-state index contributed by atoms with van der Waals surface area (Å²) in [5.41, 5.74) is 5.92. The number of nitrogens with two attached hydrogens (primary N) is 1. The Bertz CT molecular complexity index is 323. The third-order valence-electron chi connectivity index (χ3n) is 4.01. The van der Waals surface area contributed by atoms with Crippen molar-refractivity contribution in [3.63, 3.8) is 0 Å². The van der Waals surface area contributed by atoms with Gasteiger partial charge in [0.25, 0.3) is 0 Å². The summed E-state index contributed by atoms with van der Waals surface area (Å²) in [7, 11) is 1.77. The van der Waals surface area contributed by atoms with Gasteiger partial charge < -0.3 is 15.4 Å². The lowest BCUT2D eigenvalue weighted by molar-refractivity contribution is -0.0176. The summed E-state index contributed by atoms with van der Waals surface area (Å²) >= 11 is 0. The van der Waals surface area contributed by atoms with Gasteiger partial charge >= 0.3 is 0 Å². The van der Waals surface area contributed by atoms with E-state index >= 15 is 0 Å². The van der Waals surface area contributed by atoms with E-state index in [0.29, 0.717) is 5.96 Å². The second kappa shape index (κ2) is 4.16. The van der Waals surface area contributed by atoms with E-state index in [4.69, 9.17) is 10.5 Å². The standard InChI is InChI=1S/C13H25N3O/c1-12(2,17-4)8-13(3)9-15-11(14)16(13)7-10-5-6-10/h10H,5-9H2,1-4H3,(H2,14,15).